The van der Waals surface area contributed by atoms with E-state index in [1.54, 1.807) is 24.4 Å². The number of hydrogen-bond acceptors (Lipinski definition) is 3. The lowest BCUT2D eigenvalue weighted by atomic mass is 10.1. The van der Waals surface area contributed by atoms with Crippen LogP contribution in [0.1, 0.15) is 11.1 Å². The highest BCUT2D eigenvalue weighted by Gasteiger charge is 2.27. The first kappa shape index (κ1) is 11.7. The normalized spacial score (nSPS) is 16.9. The van der Waals surface area contributed by atoms with Crippen LogP contribution < -0.4 is 5.32 Å². The molecule has 0 bridgehead atoms. The summed E-state index contributed by atoms with van der Waals surface area (Å²) in [5.41, 5.74) is 2.19. The smallest absolute Gasteiger partial charge is 0.229 e. The molecule has 1 aliphatic carbocycles. The second kappa shape index (κ2) is 4.72. The van der Waals surface area contributed by atoms with Crippen LogP contribution in [0.2, 0.25) is 0 Å². The summed E-state index contributed by atoms with van der Waals surface area (Å²) in [4.78, 5) is 16.2. The second-order valence-corrected chi connectivity index (χ2v) is 4.76. The minimum atomic E-state index is -0.0844. The lowest BCUT2D eigenvalue weighted by Gasteiger charge is -2.09. The van der Waals surface area contributed by atoms with Crippen LogP contribution in [0.5, 0.6) is 5.75 Å². The molecule has 0 fully saturated rings. The summed E-state index contributed by atoms with van der Waals surface area (Å²) < 4.78 is 0. The molecule has 0 spiro atoms. The largest absolute Gasteiger partial charge is 0.508 e. The van der Waals surface area contributed by atoms with Gasteiger partial charge in [-0.3, -0.25) is 4.79 Å². The Kier molecular flexibility index (Phi) is 2.91. The van der Waals surface area contributed by atoms with Crippen molar-refractivity contribution in [3.8, 4) is 5.75 Å². The number of pyridine rings is 1. The Bertz CT molecular complexity index is 611. The molecular formula is C15H14N2O2. The quantitative estimate of drug-likeness (QED) is 0.863. The van der Waals surface area contributed by atoms with Crippen molar-refractivity contribution in [2.45, 2.75) is 12.8 Å². The third kappa shape index (κ3) is 2.42. The number of benzene rings is 1. The van der Waals surface area contributed by atoms with Crippen LogP contribution in [0.25, 0.3) is 0 Å². The van der Waals surface area contributed by atoms with E-state index in [0.29, 0.717) is 18.7 Å². The zero-order chi connectivity index (χ0) is 13.2. The second-order valence-electron chi connectivity index (χ2n) is 4.76. The van der Waals surface area contributed by atoms with Gasteiger partial charge in [-0.2, -0.15) is 0 Å². The van der Waals surface area contributed by atoms with Crippen LogP contribution in [0, 0.1) is 5.92 Å². The number of fused-ring (bicyclic) bond motifs is 1. The number of phenols is 1. The standard InChI is InChI=1S/C15H14N2O2/c18-13-5-4-10-7-12(8-11(10)9-13)15(19)17-14-3-1-2-6-16-14/h1-6,9,12,18H,7-8H2,(H,16,17,19)/t12-/m1/s1. The van der Waals surface area contributed by atoms with Gasteiger partial charge >= 0.3 is 0 Å². The maximum Gasteiger partial charge on any atom is 0.229 e. The number of amides is 1. The lowest BCUT2D eigenvalue weighted by Crippen LogP contribution is -2.23. The molecule has 0 aliphatic heterocycles. The van der Waals surface area contributed by atoms with E-state index in [1.165, 1.54) is 0 Å². The van der Waals surface area contributed by atoms with Crippen LogP contribution >= 0.6 is 0 Å². The van der Waals surface area contributed by atoms with Gasteiger partial charge in [-0.25, -0.2) is 4.98 Å². The Morgan fingerprint density at radius 2 is 2.05 bits per heavy atom. The summed E-state index contributed by atoms with van der Waals surface area (Å²) in [5.74, 6) is 0.726. The molecule has 0 saturated carbocycles. The Labute approximate surface area is 111 Å². The minimum Gasteiger partial charge on any atom is -0.508 e. The highest BCUT2D eigenvalue weighted by Crippen LogP contribution is 2.30. The third-order valence-corrected chi connectivity index (χ3v) is 3.41. The number of nitrogens with one attached hydrogen (secondary N) is 1. The van der Waals surface area contributed by atoms with Crippen LogP contribution in [0.15, 0.2) is 42.6 Å². The van der Waals surface area contributed by atoms with Crippen molar-refractivity contribution in [2.24, 2.45) is 5.92 Å². The minimum absolute atomic E-state index is 0.0191. The Hall–Kier alpha value is -2.36. The number of aromatic nitrogens is 1. The van der Waals surface area contributed by atoms with Crippen LogP contribution in [0.4, 0.5) is 5.82 Å². The molecule has 4 nitrogen and oxygen atoms in total. The van der Waals surface area contributed by atoms with Crippen LogP contribution in [-0.2, 0) is 17.6 Å². The monoisotopic (exact) mass is 254 g/mol. The topological polar surface area (TPSA) is 62.2 Å². The van der Waals surface area contributed by atoms with Gasteiger partial charge in [0.1, 0.15) is 11.6 Å². The van der Waals surface area contributed by atoms with E-state index in [1.807, 2.05) is 18.2 Å². The van der Waals surface area contributed by atoms with E-state index < -0.39 is 0 Å². The van der Waals surface area contributed by atoms with Crippen LogP contribution in [0.3, 0.4) is 0 Å². The number of nitrogens with zero attached hydrogens (tertiary/aromatic N) is 1. The van der Waals surface area contributed by atoms with Gasteiger partial charge in [0.05, 0.1) is 0 Å². The SMILES string of the molecule is O=C(Nc1ccccn1)[C@@H]1Cc2ccc(O)cc2C1. The van der Waals surface area contributed by atoms with Crippen LogP contribution in [-0.4, -0.2) is 16.0 Å². The fourth-order valence-corrected chi connectivity index (χ4v) is 2.45. The van der Waals surface area contributed by atoms with Crippen molar-refractivity contribution in [3.63, 3.8) is 0 Å². The van der Waals surface area contributed by atoms with Crippen molar-refractivity contribution in [3.05, 3.63) is 53.7 Å². The molecule has 1 amide bonds. The summed E-state index contributed by atoms with van der Waals surface area (Å²) in [6, 6.07) is 10.7. The molecular weight excluding hydrogens is 240 g/mol. The van der Waals surface area contributed by atoms with Gasteiger partial charge < -0.3 is 10.4 Å². The molecule has 2 N–H and O–H groups in total. The van der Waals surface area contributed by atoms with Gasteiger partial charge in [-0.15, -0.1) is 0 Å². The number of hydrogen-bond donors (Lipinski definition) is 2. The summed E-state index contributed by atoms with van der Waals surface area (Å²) in [6.07, 6.45) is 3.04. The number of carbonyl (C=O) groups is 1. The van der Waals surface area contributed by atoms with Crippen molar-refractivity contribution in [1.82, 2.24) is 4.98 Å². The first-order valence-corrected chi connectivity index (χ1v) is 6.25. The Morgan fingerprint density at radius 1 is 1.21 bits per heavy atom. The molecule has 0 saturated heterocycles. The van der Waals surface area contributed by atoms with E-state index in [9.17, 15) is 9.90 Å². The first-order valence-electron chi connectivity index (χ1n) is 6.25. The van der Waals surface area contributed by atoms with Gasteiger partial charge in [0, 0.05) is 12.1 Å². The fraction of sp³-hybridized carbons (Fsp3) is 0.200. The van der Waals surface area contributed by atoms with Crippen molar-refractivity contribution < 1.29 is 9.90 Å². The summed E-state index contributed by atoms with van der Waals surface area (Å²) in [5, 5.41) is 12.3. The molecule has 4 heteroatoms. The summed E-state index contributed by atoms with van der Waals surface area (Å²) >= 11 is 0. The predicted octanol–water partition coefficient (Wildman–Crippen LogP) is 2.14. The third-order valence-electron chi connectivity index (χ3n) is 3.41. The molecule has 96 valence electrons. The van der Waals surface area contributed by atoms with Crippen molar-refractivity contribution in [1.29, 1.82) is 0 Å². The molecule has 1 heterocycles. The highest BCUT2D eigenvalue weighted by molar-refractivity contribution is 5.92. The van der Waals surface area contributed by atoms with Gasteiger partial charge in [0.15, 0.2) is 0 Å². The highest BCUT2D eigenvalue weighted by atomic mass is 16.3. The molecule has 0 radical (unpaired) electrons. The average molecular weight is 254 g/mol. The molecule has 3 rings (SSSR count). The lowest BCUT2D eigenvalue weighted by molar-refractivity contribution is -0.119. The van der Waals surface area contributed by atoms with Gasteiger partial charge in [0.2, 0.25) is 5.91 Å². The zero-order valence-corrected chi connectivity index (χ0v) is 10.3. The Balaban J connectivity index is 1.71. The zero-order valence-electron chi connectivity index (χ0n) is 10.3. The average Bonchev–Trinajstić information content (AvgIpc) is 2.83. The van der Waals surface area contributed by atoms with E-state index in [-0.39, 0.29) is 17.6 Å². The Morgan fingerprint density at radius 3 is 2.84 bits per heavy atom. The van der Waals surface area contributed by atoms with E-state index in [0.717, 1.165) is 11.1 Å². The molecule has 19 heavy (non-hydrogen) atoms. The number of aromatic hydroxyl groups is 1. The number of carbonyl (C=O) groups excluding carboxylic acids is 1. The first-order chi connectivity index (χ1) is 9.22. The summed E-state index contributed by atoms with van der Waals surface area (Å²) in [6.45, 7) is 0. The number of rotatable bonds is 2. The maximum absolute atomic E-state index is 12.2. The van der Waals surface area contributed by atoms with Crippen molar-refractivity contribution in [2.75, 3.05) is 5.32 Å². The molecule has 1 aliphatic rings. The fourth-order valence-electron chi connectivity index (χ4n) is 2.45. The van der Waals surface area contributed by atoms with Gasteiger partial charge in [-0.05, 0) is 48.2 Å². The molecule has 1 aromatic heterocycles. The maximum atomic E-state index is 12.2. The molecule has 1 atom stereocenters. The number of phenolic OH excluding ortho intramolecular Hbond substituents is 1. The van der Waals surface area contributed by atoms with Crippen molar-refractivity contribution >= 4 is 11.7 Å². The van der Waals surface area contributed by atoms with Gasteiger partial charge in [0.25, 0.3) is 0 Å². The van der Waals surface area contributed by atoms with E-state index >= 15 is 0 Å². The van der Waals surface area contributed by atoms with E-state index in [4.69, 9.17) is 0 Å². The molecule has 2 aromatic rings. The summed E-state index contributed by atoms with van der Waals surface area (Å²) in [7, 11) is 0. The van der Waals surface area contributed by atoms with Gasteiger partial charge in [-0.1, -0.05) is 12.1 Å². The van der Waals surface area contributed by atoms with E-state index in [2.05, 4.69) is 10.3 Å². The molecule has 1 aromatic carbocycles. The molecule has 0 unspecified atom stereocenters. The predicted molar refractivity (Wildman–Crippen MR) is 71.9 cm³/mol. The number of anilines is 1.